The van der Waals surface area contributed by atoms with E-state index in [9.17, 15) is 9.18 Å². The average molecular weight is 496 g/mol. The summed E-state index contributed by atoms with van der Waals surface area (Å²) in [4.78, 5) is 20.1. The third-order valence-corrected chi connectivity index (χ3v) is 8.85. The number of carbonyl (C=O) groups excluding carboxylic acids is 1. The van der Waals surface area contributed by atoms with Gasteiger partial charge in [0.2, 0.25) is 0 Å². The number of likely N-dealkylation sites (tertiary alicyclic amines) is 1. The first-order valence-electron chi connectivity index (χ1n) is 13.3. The second kappa shape index (κ2) is 8.40. The third-order valence-electron chi connectivity index (χ3n) is 8.85. The van der Waals surface area contributed by atoms with E-state index in [0.717, 1.165) is 67.2 Å². The van der Waals surface area contributed by atoms with E-state index in [1.807, 2.05) is 41.4 Å². The largest absolute Gasteiger partial charge is 0.328 e. The number of amides is 2. The molecule has 1 saturated carbocycles. The molecule has 6 nitrogen and oxygen atoms in total. The van der Waals surface area contributed by atoms with E-state index < -0.39 is 5.54 Å². The normalized spacial score (nSPS) is 22.1. The highest BCUT2D eigenvalue weighted by Crippen LogP contribution is 2.45. The zero-order valence-corrected chi connectivity index (χ0v) is 20.8. The van der Waals surface area contributed by atoms with E-state index in [2.05, 4.69) is 33.2 Å². The second-order valence-electron chi connectivity index (χ2n) is 11.0. The summed E-state index contributed by atoms with van der Waals surface area (Å²) in [6.45, 7) is 2.20. The zero-order valence-electron chi connectivity index (χ0n) is 20.8. The van der Waals surface area contributed by atoms with Gasteiger partial charge in [-0.15, -0.1) is 0 Å². The molecule has 37 heavy (non-hydrogen) atoms. The number of hydrogen-bond donors (Lipinski definition) is 1. The molecule has 2 aromatic heterocycles. The Bertz CT molecular complexity index is 1510. The van der Waals surface area contributed by atoms with E-state index >= 15 is 0 Å². The van der Waals surface area contributed by atoms with E-state index in [1.165, 1.54) is 11.8 Å². The maximum absolute atomic E-state index is 14.8. The van der Waals surface area contributed by atoms with Crippen LogP contribution in [0.1, 0.15) is 49.8 Å². The monoisotopic (exact) mass is 495 g/mol. The van der Waals surface area contributed by atoms with Crippen LogP contribution < -0.4 is 5.32 Å². The fourth-order valence-electron chi connectivity index (χ4n) is 6.85. The van der Waals surface area contributed by atoms with Crippen LogP contribution >= 0.6 is 0 Å². The minimum absolute atomic E-state index is 0.0843. The van der Waals surface area contributed by atoms with E-state index in [4.69, 9.17) is 5.10 Å². The smallest absolute Gasteiger partial charge is 0.318 e. The van der Waals surface area contributed by atoms with Crippen LogP contribution in [0.15, 0.2) is 66.9 Å². The summed E-state index contributed by atoms with van der Waals surface area (Å²) in [5.41, 5.74) is 4.02. The SMILES string of the molecule is O=C(NC1(c2ccccc2F)CCCC1)N1CCC2(CCn3nc(-c4cnc5ccccc5c4)cc32)C1. The number of aromatic nitrogens is 3. The molecule has 4 aromatic rings. The van der Waals surface area contributed by atoms with Gasteiger partial charge in [0.05, 0.1) is 16.7 Å². The summed E-state index contributed by atoms with van der Waals surface area (Å²) in [5, 5.41) is 9.30. The van der Waals surface area contributed by atoms with E-state index in [1.54, 1.807) is 6.07 Å². The van der Waals surface area contributed by atoms with Gasteiger partial charge in [0.15, 0.2) is 0 Å². The lowest BCUT2D eigenvalue weighted by Gasteiger charge is -2.34. The molecule has 2 fully saturated rings. The summed E-state index contributed by atoms with van der Waals surface area (Å²) in [6.07, 6.45) is 7.31. The predicted molar refractivity (Wildman–Crippen MR) is 141 cm³/mol. The van der Waals surface area contributed by atoms with Gasteiger partial charge in [-0.2, -0.15) is 5.10 Å². The molecule has 0 radical (unpaired) electrons. The highest BCUT2D eigenvalue weighted by molar-refractivity contribution is 5.83. The van der Waals surface area contributed by atoms with Crippen molar-refractivity contribution in [2.45, 2.75) is 56.0 Å². The number of carbonyl (C=O) groups is 1. The molecule has 1 spiro atoms. The van der Waals surface area contributed by atoms with Gasteiger partial charge in [-0.05, 0) is 49.9 Å². The molecule has 1 saturated heterocycles. The Labute approximate surface area is 215 Å². The first-order valence-corrected chi connectivity index (χ1v) is 13.3. The highest BCUT2D eigenvalue weighted by atomic mass is 19.1. The Morgan fingerprint density at radius 3 is 2.59 bits per heavy atom. The molecule has 2 aromatic carbocycles. The number of benzene rings is 2. The molecule has 1 unspecified atom stereocenters. The van der Waals surface area contributed by atoms with Gasteiger partial charge in [-0.3, -0.25) is 9.67 Å². The minimum Gasteiger partial charge on any atom is -0.328 e. The van der Waals surface area contributed by atoms with Gasteiger partial charge < -0.3 is 10.2 Å². The minimum atomic E-state index is -0.619. The number of fused-ring (bicyclic) bond motifs is 3. The third kappa shape index (κ3) is 3.63. The van der Waals surface area contributed by atoms with Crippen LogP contribution in [-0.2, 0) is 17.5 Å². The van der Waals surface area contributed by atoms with Crippen molar-refractivity contribution in [3.8, 4) is 11.3 Å². The number of urea groups is 1. The van der Waals surface area contributed by atoms with Crippen molar-refractivity contribution in [1.82, 2.24) is 25.0 Å². The van der Waals surface area contributed by atoms with Crippen LogP contribution in [0, 0.1) is 5.82 Å². The molecule has 7 rings (SSSR count). The van der Waals surface area contributed by atoms with Crippen LogP contribution in [0.4, 0.5) is 9.18 Å². The number of pyridine rings is 1. The van der Waals surface area contributed by atoms with E-state index in [0.29, 0.717) is 18.7 Å². The summed E-state index contributed by atoms with van der Waals surface area (Å²) in [5.74, 6) is -0.238. The summed E-state index contributed by atoms with van der Waals surface area (Å²) in [7, 11) is 0. The Balaban J connectivity index is 1.13. The van der Waals surface area contributed by atoms with Crippen LogP contribution in [0.25, 0.3) is 22.2 Å². The Hall–Kier alpha value is -3.74. The number of para-hydroxylation sites is 1. The first kappa shape index (κ1) is 22.5. The van der Waals surface area contributed by atoms with Crippen molar-refractivity contribution in [1.29, 1.82) is 0 Å². The van der Waals surface area contributed by atoms with Crippen LogP contribution in [0.3, 0.4) is 0 Å². The quantitative estimate of drug-likeness (QED) is 0.393. The highest BCUT2D eigenvalue weighted by Gasteiger charge is 2.48. The maximum atomic E-state index is 14.8. The summed E-state index contributed by atoms with van der Waals surface area (Å²) in [6, 6.07) is 19.2. The molecule has 2 amide bonds. The number of halogens is 1. The van der Waals surface area contributed by atoms with Crippen LogP contribution in [-0.4, -0.2) is 38.8 Å². The molecule has 188 valence electrons. The predicted octanol–water partition coefficient (Wildman–Crippen LogP) is 5.76. The Morgan fingerprint density at radius 1 is 0.946 bits per heavy atom. The van der Waals surface area contributed by atoms with Gasteiger partial charge in [0.25, 0.3) is 0 Å². The molecule has 0 bridgehead atoms. The summed E-state index contributed by atoms with van der Waals surface area (Å²) < 4.78 is 16.9. The maximum Gasteiger partial charge on any atom is 0.318 e. The van der Waals surface area contributed by atoms with Gasteiger partial charge in [-0.25, -0.2) is 9.18 Å². The zero-order chi connectivity index (χ0) is 25.0. The van der Waals surface area contributed by atoms with Crippen LogP contribution in [0.5, 0.6) is 0 Å². The standard InChI is InChI=1S/C30H30FN5O/c31-24-9-3-2-8-23(24)30(11-5-6-12-30)33-28(37)35-15-13-29(20-35)14-16-36-27(29)18-26(34-36)22-17-21-7-1-4-10-25(21)32-19-22/h1-4,7-10,17-19H,5-6,11-16,20H2,(H,33,37). The molecule has 4 heterocycles. The lowest BCUT2D eigenvalue weighted by Crippen LogP contribution is -2.50. The fraction of sp³-hybridized carbons (Fsp3) is 0.367. The Morgan fingerprint density at radius 2 is 1.73 bits per heavy atom. The van der Waals surface area contributed by atoms with Gasteiger partial charge >= 0.3 is 6.03 Å². The molecule has 1 aliphatic carbocycles. The lowest BCUT2D eigenvalue weighted by atomic mass is 9.82. The molecule has 1 atom stereocenters. The second-order valence-corrected chi connectivity index (χ2v) is 11.0. The number of aryl methyl sites for hydroxylation is 1. The van der Waals surface area contributed by atoms with Gasteiger partial charge in [0.1, 0.15) is 5.82 Å². The topological polar surface area (TPSA) is 63.1 Å². The van der Waals surface area contributed by atoms with Crippen LogP contribution in [0.2, 0.25) is 0 Å². The van der Waals surface area contributed by atoms with E-state index in [-0.39, 0.29) is 17.3 Å². The van der Waals surface area contributed by atoms with Gasteiger partial charge in [-0.1, -0.05) is 49.2 Å². The first-order chi connectivity index (χ1) is 18.1. The molecular formula is C30H30FN5O. The summed E-state index contributed by atoms with van der Waals surface area (Å²) >= 11 is 0. The van der Waals surface area contributed by atoms with Gasteiger partial charge in [0, 0.05) is 53.5 Å². The van der Waals surface area contributed by atoms with Crippen molar-refractivity contribution >= 4 is 16.9 Å². The molecule has 2 aliphatic heterocycles. The van der Waals surface area contributed by atoms with Crippen molar-refractivity contribution in [2.75, 3.05) is 13.1 Å². The fourth-order valence-corrected chi connectivity index (χ4v) is 6.85. The van der Waals surface area contributed by atoms with Crippen molar-refractivity contribution in [3.05, 3.63) is 83.9 Å². The van der Waals surface area contributed by atoms with Crippen molar-refractivity contribution in [2.24, 2.45) is 0 Å². The average Bonchev–Trinajstić information content (AvgIpc) is 3.71. The number of nitrogens with one attached hydrogen (secondary N) is 1. The van der Waals surface area contributed by atoms with Crippen molar-refractivity contribution < 1.29 is 9.18 Å². The molecule has 7 heteroatoms. The molecular weight excluding hydrogens is 465 g/mol. The Kier molecular flexibility index (Phi) is 5.10. The molecule has 3 aliphatic rings. The lowest BCUT2D eigenvalue weighted by molar-refractivity contribution is 0.188. The number of hydrogen-bond acceptors (Lipinski definition) is 3. The van der Waals surface area contributed by atoms with Crippen molar-refractivity contribution in [3.63, 3.8) is 0 Å². The number of rotatable bonds is 3. The number of nitrogens with zero attached hydrogens (tertiary/aromatic N) is 4. The molecule has 1 N–H and O–H groups in total.